The van der Waals surface area contributed by atoms with Crippen LogP contribution < -0.4 is 10.6 Å². The van der Waals surface area contributed by atoms with E-state index in [9.17, 15) is 22.8 Å². The van der Waals surface area contributed by atoms with Gasteiger partial charge in [-0.2, -0.15) is 18.3 Å². The van der Waals surface area contributed by atoms with Crippen molar-refractivity contribution < 1.29 is 22.8 Å². The highest BCUT2D eigenvalue weighted by Gasteiger charge is 2.39. The van der Waals surface area contributed by atoms with E-state index >= 15 is 0 Å². The van der Waals surface area contributed by atoms with Gasteiger partial charge in [0.05, 0.1) is 5.56 Å². The molecule has 0 spiro atoms. The molecule has 2 amide bonds. The van der Waals surface area contributed by atoms with Gasteiger partial charge in [0, 0.05) is 30.5 Å². The van der Waals surface area contributed by atoms with Crippen LogP contribution >= 0.6 is 0 Å². The fourth-order valence-electron chi connectivity index (χ4n) is 2.30. The fraction of sp³-hybridized carbons (Fsp3) is 0.312. The normalized spacial score (nSPS) is 14.2. The number of nitrogens with zero attached hydrogens (tertiary/aromatic N) is 2. The molecule has 1 saturated carbocycles. The molecule has 132 valence electrons. The Morgan fingerprint density at radius 3 is 2.60 bits per heavy atom. The van der Waals surface area contributed by atoms with Crippen LogP contribution in [0.25, 0.3) is 0 Å². The number of hydrogen-bond donors (Lipinski definition) is 2. The molecule has 1 aromatic heterocycles. The fourth-order valence-corrected chi connectivity index (χ4v) is 2.30. The molecular formula is C16H15F3N4O2. The molecule has 1 heterocycles. The van der Waals surface area contributed by atoms with E-state index in [1.807, 2.05) is 0 Å². The lowest BCUT2D eigenvalue weighted by atomic mass is 10.1. The van der Waals surface area contributed by atoms with Gasteiger partial charge in [0.15, 0.2) is 5.69 Å². The van der Waals surface area contributed by atoms with Gasteiger partial charge < -0.3 is 10.6 Å². The zero-order valence-corrected chi connectivity index (χ0v) is 13.2. The molecule has 0 aliphatic heterocycles. The van der Waals surface area contributed by atoms with Crippen molar-refractivity contribution >= 4 is 17.5 Å². The predicted molar refractivity (Wildman–Crippen MR) is 83.1 cm³/mol. The van der Waals surface area contributed by atoms with Gasteiger partial charge in [0.25, 0.3) is 11.8 Å². The first-order valence-electron chi connectivity index (χ1n) is 7.57. The average molecular weight is 352 g/mol. The van der Waals surface area contributed by atoms with Crippen LogP contribution in [0.2, 0.25) is 0 Å². The van der Waals surface area contributed by atoms with Gasteiger partial charge in [0.1, 0.15) is 0 Å². The zero-order valence-electron chi connectivity index (χ0n) is 13.2. The molecule has 2 aromatic rings. The summed E-state index contributed by atoms with van der Waals surface area (Å²) in [6.07, 6.45) is -1.87. The molecule has 0 saturated heterocycles. The van der Waals surface area contributed by atoms with Crippen LogP contribution in [-0.4, -0.2) is 27.6 Å². The molecule has 0 unspecified atom stereocenters. The quantitative estimate of drug-likeness (QED) is 0.888. The molecule has 3 rings (SSSR count). The van der Waals surface area contributed by atoms with Crippen molar-refractivity contribution in [1.29, 1.82) is 0 Å². The summed E-state index contributed by atoms with van der Waals surface area (Å²) >= 11 is 0. The van der Waals surface area contributed by atoms with E-state index in [0.29, 0.717) is 5.56 Å². The van der Waals surface area contributed by atoms with Crippen molar-refractivity contribution in [3.8, 4) is 0 Å². The summed E-state index contributed by atoms with van der Waals surface area (Å²) in [5, 5.41) is 8.47. The van der Waals surface area contributed by atoms with Crippen molar-refractivity contribution in [3.05, 3.63) is 47.3 Å². The predicted octanol–water partition coefficient (Wildman–Crippen LogP) is 2.58. The van der Waals surface area contributed by atoms with Crippen LogP contribution in [0, 0.1) is 0 Å². The molecule has 0 radical (unpaired) electrons. The Balaban J connectivity index is 1.78. The summed E-state index contributed by atoms with van der Waals surface area (Å²) in [5.41, 5.74) is -1.28. The number of alkyl halides is 3. The Morgan fingerprint density at radius 2 is 1.96 bits per heavy atom. The van der Waals surface area contributed by atoms with Gasteiger partial charge in [-0.05, 0) is 31.0 Å². The number of carbonyl (C=O) groups excluding carboxylic acids is 2. The van der Waals surface area contributed by atoms with Crippen LogP contribution in [0.3, 0.4) is 0 Å². The van der Waals surface area contributed by atoms with E-state index < -0.39 is 23.3 Å². The second-order valence-corrected chi connectivity index (χ2v) is 5.85. The van der Waals surface area contributed by atoms with Gasteiger partial charge >= 0.3 is 6.18 Å². The molecule has 0 bridgehead atoms. The minimum absolute atomic E-state index is 0.176. The monoisotopic (exact) mass is 352 g/mol. The number of amides is 2. The van der Waals surface area contributed by atoms with Gasteiger partial charge in [-0.25, -0.2) is 0 Å². The summed E-state index contributed by atoms with van der Waals surface area (Å²) in [6.45, 7) is 0. The first-order valence-corrected chi connectivity index (χ1v) is 7.57. The maximum absolute atomic E-state index is 12.9. The minimum atomic E-state index is -4.74. The average Bonchev–Trinajstić information content (AvgIpc) is 3.24. The lowest BCUT2D eigenvalue weighted by molar-refractivity contribution is -0.141. The summed E-state index contributed by atoms with van der Waals surface area (Å²) in [7, 11) is 1.30. The minimum Gasteiger partial charge on any atom is -0.349 e. The molecule has 2 N–H and O–H groups in total. The van der Waals surface area contributed by atoms with Crippen LogP contribution in [0.4, 0.5) is 18.9 Å². The summed E-state index contributed by atoms with van der Waals surface area (Å²) in [5.74, 6) is -1.23. The first-order chi connectivity index (χ1) is 11.7. The second-order valence-electron chi connectivity index (χ2n) is 5.85. The number of anilines is 1. The van der Waals surface area contributed by atoms with Crippen molar-refractivity contribution in [2.75, 3.05) is 5.32 Å². The molecule has 0 atom stereocenters. The summed E-state index contributed by atoms with van der Waals surface area (Å²) in [6, 6.07) is 6.20. The lowest BCUT2D eigenvalue weighted by Crippen LogP contribution is -2.25. The molecule has 1 aromatic carbocycles. The number of rotatable bonds is 4. The van der Waals surface area contributed by atoms with Crippen LogP contribution in [0.15, 0.2) is 30.5 Å². The third-order valence-corrected chi connectivity index (χ3v) is 3.64. The molecule has 6 nitrogen and oxygen atoms in total. The number of aromatic nitrogens is 2. The van der Waals surface area contributed by atoms with E-state index in [4.69, 9.17) is 0 Å². The van der Waals surface area contributed by atoms with Crippen molar-refractivity contribution in [3.63, 3.8) is 0 Å². The Kier molecular flexibility index (Phi) is 4.23. The molecule has 9 heteroatoms. The maximum atomic E-state index is 12.9. The summed E-state index contributed by atoms with van der Waals surface area (Å²) < 4.78 is 39.8. The van der Waals surface area contributed by atoms with E-state index in [0.717, 1.165) is 23.7 Å². The topological polar surface area (TPSA) is 76.0 Å². The Bertz CT molecular complexity index is 825. The number of nitrogens with one attached hydrogen (secondary N) is 2. The van der Waals surface area contributed by atoms with Gasteiger partial charge in [-0.15, -0.1) is 0 Å². The van der Waals surface area contributed by atoms with E-state index in [1.54, 1.807) is 12.1 Å². The highest BCUT2D eigenvalue weighted by atomic mass is 19.4. The summed E-state index contributed by atoms with van der Waals surface area (Å²) in [4.78, 5) is 24.2. The highest BCUT2D eigenvalue weighted by molar-refractivity contribution is 6.05. The van der Waals surface area contributed by atoms with Gasteiger partial charge in [-0.3, -0.25) is 14.3 Å². The molecular weight excluding hydrogens is 337 g/mol. The number of halogens is 3. The van der Waals surface area contributed by atoms with Crippen LogP contribution in [0.1, 0.15) is 39.3 Å². The first kappa shape index (κ1) is 17.0. The van der Waals surface area contributed by atoms with Crippen molar-refractivity contribution in [2.24, 2.45) is 7.05 Å². The second kappa shape index (κ2) is 6.23. The molecule has 1 aliphatic rings. The Labute approximate surface area is 141 Å². The number of benzene rings is 1. The van der Waals surface area contributed by atoms with E-state index in [2.05, 4.69) is 15.7 Å². The number of carbonyl (C=O) groups is 2. The lowest BCUT2D eigenvalue weighted by Gasteiger charge is -2.09. The highest BCUT2D eigenvalue weighted by Crippen LogP contribution is 2.31. The standard InChI is InChI=1S/C16H15F3N4O2/c1-23-8-12(13(22-23)16(17,18)19)15(25)21-11-4-2-3-9(7-11)14(24)20-10-5-6-10/h2-4,7-8,10H,5-6H2,1H3,(H,20,24)(H,21,25). The molecule has 25 heavy (non-hydrogen) atoms. The number of aryl methyl sites for hydroxylation is 1. The third-order valence-electron chi connectivity index (χ3n) is 3.64. The molecule has 1 aliphatic carbocycles. The Hall–Kier alpha value is -2.84. The SMILES string of the molecule is Cn1cc(C(=O)Nc2cccc(C(=O)NC3CC3)c2)c(C(F)(F)F)n1. The van der Waals surface area contributed by atoms with Crippen molar-refractivity contribution in [2.45, 2.75) is 25.1 Å². The zero-order chi connectivity index (χ0) is 18.2. The number of hydrogen-bond acceptors (Lipinski definition) is 3. The van der Waals surface area contributed by atoms with Gasteiger partial charge in [0.2, 0.25) is 0 Å². The largest absolute Gasteiger partial charge is 0.435 e. The van der Waals surface area contributed by atoms with E-state index in [-0.39, 0.29) is 17.6 Å². The van der Waals surface area contributed by atoms with Gasteiger partial charge in [-0.1, -0.05) is 6.07 Å². The third kappa shape index (κ3) is 3.98. The van der Waals surface area contributed by atoms with Crippen LogP contribution in [0.5, 0.6) is 0 Å². The van der Waals surface area contributed by atoms with E-state index in [1.165, 1.54) is 19.2 Å². The van der Waals surface area contributed by atoms with Crippen LogP contribution in [-0.2, 0) is 13.2 Å². The smallest absolute Gasteiger partial charge is 0.349 e. The molecule has 1 fully saturated rings. The maximum Gasteiger partial charge on any atom is 0.435 e. The van der Waals surface area contributed by atoms with Crippen molar-refractivity contribution in [1.82, 2.24) is 15.1 Å². The Morgan fingerprint density at radius 1 is 1.24 bits per heavy atom.